The summed E-state index contributed by atoms with van der Waals surface area (Å²) in [5.41, 5.74) is 0.659. The van der Waals surface area contributed by atoms with E-state index in [0.29, 0.717) is 23.6 Å². The second kappa shape index (κ2) is 8.73. The van der Waals surface area contributed by atoms with E-state index >= 15 is 0 Å². The number of rotatable bonds is 7. The molecule has 0 saturated carbocycles. The summed E-state index contributed by atoms with van der Waals surface area (Å²) in [6.07, 6.45) is -0.286. The Labute approximate surface area is 146 Å². The van der Waals surface area contributed by atoms with E-state index in [1.54, 1.807) is 42.5 Å². The van der Waals surface area contributed by atoms with Gasteiger partial charge in [-0.05, 0) is 30.7 Å². The van der Waals surface area contributed by atoms with Crippen molar-refractivity contribution in [1.82, 2.24) is 0 Å². The number of anilines is 1. The van der Waals surface area contributed by atoms with Gasteiger partial charge in [-0.15, -0.1) is 0 Å². The molecule has 0 aromatic heterocycles. The van der Waals surface area contributed by atoms with Crippen molar-refractivity contribution in [2.45, 2.75) is 19.4 Å². The average molecular weight is 343 g/mol. The largest absolute Gasteiger partial charge is 0.493 e. The van der Waals surface area contributed by atoms with Gasteiger partial charge < -0.3 is 19.5 Å². The second-order valence-electron chi connectivity index (χ2n) is 5.19. The second-order valence-corrected chi connectivity index (χ2v) is 5.19. The molecule has 0 aliphatic rings. The number of amides is 1. The van der Waals surface area contributed by atoms with Crippen LogP contribution in [0.1, 0.15) is 23.7 Å². The van der Waals surface area contributed by atoms with Gasteiger partial charge in [-0.1, -0.05) is 31.2 Å². The predicted octanol–water partition coefficient (Wildman–Crippen LogP) is 3.28. The molecule has 132 valence electrons. The molecule has 0 fully saturated rings. The Hall–Kier alpha value is -3.02. The lowest BCUT2D eigenvalue weighted by atomic mass is 10.1. The van der Waals surface area contributed by atoms with E-state index in [0.717, 1.165) is 0 Å². The van der Waals surface area contributed by atoms with Crippen LogP contribution in [0.4, 0.5) is 5.69 Å². The van der Waals surface area contributed by atoms with Gasteiger partial charge in [-0.25, -0.2) is 4.79 Å². The van der Waals surface area contributed by atoms with Crippen molar-refractivity contribution in [2.75, 3.05) is 19.5 Å². The van der Waals surface area contributed by atoms with E-state index in [9.17, 15) is 9.59 Å². The third-order valence-corrected chi connectivity index (χ3v) is 3.59. The minimum Gasteiger partial charge on any atom is -0.493 e. The highest BCUT2D eigenvalue weighted by molar-refractivity contribution is 6.02. The fraction of sp³-hybridized carbons (Fsp3) is 0.263. The third kappa shape index (κ3) is 4.50. The van der Waals surface area contributed by atoms with Gasteiger partial charge in [0.1, 0.15) is 0 Å². The summed E-state index contributed by atoms with van der Waals surface area (Å²) < 4.78 is 15.8. The van der Waals surface area contributed by atoms with Gasteiger partial charge in [0, 0.05) is 0 Å². The Morgan fingerprint density at radius 2 is 1.64 bits per heavy atom. The van der Waals surface area contributed by atoms with E-state index in [2.05, 4.69) is 5.32 Å². The zero-order valence-corrected chi connectivity index (χ0v) is 14.4. The van der Waals surface area contributed by atoms with Crippen LogP contribution < -0.4 is 14.8 Å². The fourth-order valence-corrected chi connectivity index (χ4v) is 2.28. The summed E-state index contributed by atoms with van der Waals surface area (Å²) in [7, 11) is 2.83. The minimum atomic E-state index is -0.734. The number of para-hydroxylation sites is 3. The molecule has 25 heavy (non-hydrogen) atoms. The molecule has 0 heterocycles. The molecule has 0 aliphatic carbocycles. The van der Waals surface area contributed by atoms with Crippen molar-refractivity contribution in [1.29, 1.82) is 0 Å². The molecule has 2 rings (SSSR count). The van der Waals surface area contributed by atoms with Crippen LogP contribution in [0.15, 0.2) is 48.5 Å². The number of hydrogen-bond donors (Lipinski definition) is 1. The standard InChI is InChI=1S/C19H21NO5/c1-4-15(25-17-12-8-7-11-16(17)23-2)18(21)20-14-10-6-5-9-13(14)19(22)24-3/h5-12,15H,4H2,1-3H3,(H,20,21)/t15-/m1/s1. The van der Waals surface area contributed by atoms with Gasteiger partial charge in [0.15, 0.2) is 17.6 Å². The topological polar surface area (TPSA) is 73.9 Å². The maximum atomic E-state index is 12.6. The van der Waals surface area contributed by atoms with Crippen molar-refractivity contribution in [3.05, 3.63) is 54.1 Å². The number of hydrogen-bond acceptors (Lipinski definition) is 5. The number of carbonyl (C=O) groups excluding carboxylic acids is 2. The minimum absolute atomic E-state index is 0.283. The monoisotopic (exact) mass is 343 g/mol. The van der Waals surface area contributed by atoms with E-state index < -0.39 is 12.1 Å². The number of nitrogens with one attached hydrogen (secondary N) is 1. The van der Waals surface area contributed by atoms with Crippen LogP contribution in [0.2, 0.25) is 0 Å². The smallest absolute Gasteiger partial charge is 0.339 e. The SMILES string of the molecule is CC[C@@H](Oc1ccccc1OC)C(=O)Nc1ccccc1C(=O)OC. The lowest BCUT2D eigenvalue weighted by Crippen LogP contribution is -2.33. The quantitative estimate of drug-likeness (QED) is 0.781. The Balaban J connectivity index is 2.17. The Morgan fingerprint density at radius 1 is 1.00 bits per heavy atom. The fourth-order valence-electron chi connectivity index (χ4n) is 2.28. The molecule has 2 aromatic carbocycles. The van der Waals surface area contributed by atoms with Crippen molar-refractivity contribution >= 4 is 17.6 Å². The van der Waals surface area contributed by atoms with Crippen LogP contribution in [0.5, 0.6) is 11.5 Å². The van der Waals surface area contributed by atoms with Gasteiger partial charge in [0.2, 0.25) is 0 Å². The van der Waals surface area contributed by atoms with Crippen LogP contribution in [0.3, 0.4) is 0 Å². The predicted molar refractivity (Wildman–Crippen MR) is 94.1 cm³/mol. The van der Waals surface area contributed by atoms with Gasteiger partial charge in [0.25, 0.3) is 5.91 Å². The molecule has 1 amide bonds. The van der Waals surface area contributed by atoms with Crippen LogP contribution in [-0.4, -0.2) is 32.2 Å². The van der Waals surface area contributed by atoms with Crippen molar-refractivity contribution in [2.24, 2.45) is 0 Å². The highest BCUT2D eigenvalue weighted by Crippen LogP contribution is 2.27. The molecule has 6 nitrogen and oxygen atoms in total. The van der Waals surface area contributed by atoms with Crippen molar-refractivity contribution in [3.8, 4) is 11.5 Å². The lowest BCUT2D eigenvalue weighted by Gasteiger charge is -2.19. The normalized spacial score (nSPS) is 11.3. The summed E-state index contributed by atoms with van der Waals surface area (Å²) in [5, 5.41) is 2.73. The van der Waals surface area contributed by atoms with Gasteiger partial charge in [-0.3, -0.25) is 4.79 Å². The highest BCUT2D eigenvalue weighted by Gasteiger charge is 2.22. The van der Waals surface area contributed by atoms with E-state index in [1.807, 2.05) is 13.0 Å². The Bertz CT molecular complexity index is 744. The molecular formula is C19H21NO5. The van der Waals surface area contributed by atoms with Gasteiger partial charge in [0.05, 0.1) is 25.5 Å². The molecule has 1 N–H and O–H groups in total. The molecule has 0 spiro atoms. The number of esters is 1. The molecular weight excluding hydrogens is 322 g/mol. The molecule has 0 bridgehead atoms. The Morgan fingerprint density at radius 3 is 2.28 bits per heavy atom. The molecule has 0 unspecified atom stereocenters. The molecule has 0 saturated heterocycles. The van der Waals surface area contributed by atoms with Crippen LogP contribution in [-0.2, 0) is 9.53 Å². The van der Waals surface area contributed by atoms with Crippen LogP contribution in [0, 0.1) is 0 Å². The molecule has 0 radical (unpaired) electrons. The maximum Gasteiger partial charge on any atom is 0.339 e. The van der Waals surface area contributed by atoms with Crippen molar-refractivity contribution in [3.63, 3.8) is 0 Å². The zero-order valence-electron chi connectivity index (χ0n) is 14.4. The molecule has 6 heteroatoms. The summed E-state index contributed by atoms with van der Waals surface area (Å²) >= 11 is 0. The number of ether oxygens (including phenoxy) is 3. The first-order valence-corrected chi connectivity index (χ1v) is 7.88. The van der Waals surface area contributed by atoms with Crippen LogP contribution >= 0.6 is 0 Å². The first-order chi connectivity index (χ1) is 12.1. The first-order valence-electron chi connectivity index (χ1n) is 7.88. The first kappa shape index (κ1) is 18.3. The highest BCUT2D eigenvalue weighted by atomic mass is 16.5. The average Bonchev–Trinajstić information content (AvgIpc) is 2.66. The maximum absolute atomic E-state index is 12.6. The van der Waals surface area contributed by atoms with E-state index in [1.165, 1.54) is 14.2 Å². The number of benzene rings is 2. The van der Waals surface area contributed by atoms with Crippen LogP contribution in [0.25, 0.3) is 0 Å². The summed E-state index contributed by atoms with van der Waals surface area (Å²) in [6, 6.07) is 13.8. The summed E-state index contributed by atoms with van der Waals surface area (Å²) in [6.45, 7) is 1.84. The van der Waals surface area contributed by atoms with Crippen molar-refractivity contribution < 1.29 is 23.8 Å². The number of carbonyl (C=O) groups is 2. The molecule has 2 aromatic rings. The molecule has 1 atom stereocenters. The summed E-state index contributed by atoms with van der Waals surface area (Å²) in [5.74, 6) is 0.149. The van der Waals surface area contributed by atoms with Gasteiger partial charge >= 0.3 is 5.97 Å². The number of methoxy groups -OCH3 is 2. The van der Waals surface area contributed by atoms with Gasteiger partial charge in [-0.2, -0.15) is 0 Å². The Kier molecular flexibility index (Phi) is 6.39. The summed E-state index contributed by atoms with van der Waals surface area (Å²) in [4.78, 5) is 24.4. The zero-order chi connectivity index (χ0) is 18.2. The lowest BCUT2D eigenvalue weighted by molar-refractivity contribution is -0.122. The molecule has 0 aliphatic heterocycles. The third-order valence-electron chi connectivity index (χ3n) is 3.59. The van der Waals surface area contributed by atoms with E-state index in [-0.39, 0.29) is 11.5 Å². The van der Waals surface area contributed by atoms with E-state index in [4.69, 9.17) is 14.2 Å².